The lowest BCUT2D eigenvalue weighted by Crippen LogP contribution is -1.97. The molecule has 3 aromatic heterocycles. The number of nitriles is 1. The largest absolute Gasteiger partial charge is 0.497 e. The predicted molar refractivity (Wildman–Crippen MR) is 89.0 cm³/mol. The van der Waals surface area contributed by atoms with Crippen LogP contribution in [-0.2, 0) is 0 Å². The molecule has 0 saturated heterocycles. The van der Waals surface area contributed by atoms with Crippen molar-refractivity contribution < 1.29 is 9.15 Å². The molecule has 118 valence electrons. The van der Waals surface area contributed by atoms with E-state index in [0.29, 0.717) is 22.8 Å². The van der Waals surface area contributed by atoms with Crippen LogP contribution in [0.4, 0.5) is 5.82 Å². The molecule has 0 spiro atoms. The smallest absolute Gasteiger partial charge is 0.157 e. The van der Waals surface area contributed by atoms with Gasteiger partial charge in [-0.05, 0) is 24.3 Å². The molecule has 0 aliphatic rings. The van der Waals surface area contributed by atoms with Gasteiger partial charge in [-0.3, -0.25) is 4.40 Å². The van der Waals surface area contributed by atoms with E-state index in [2.05, 4.69) is 15.3 Å². The minimum atomic E-state index is 0.316. The van der Waals surface area contributed by atoms with Crippen molar-refractivity contribution in [2.45, 2.75) is 0 Å². The highest BCUT2D eigenvalue weighted by Crippen LogP contribution is 2.34. The highest BCUT2D eigenvalue weighted by atomic mass is 16.5. The number of furan rings is 1. The molecule has 0 unspecified atom stereocenters. The van der Waals surface area contributed by atoms with Gasteiger partial charge in [0, 0.05) is 18.5 Å². The number of nitrogens with zero attached hydrogens (tertiary/aromatic N) is 4. The van der Waals surface area contributed by atoms with Gasteiger partial charge in [0.05, 0.1) is 7.11 Å². The van der Waals surface area contributed by atoms with Gasteiger partial charge in [0.25, 0.3) is 0 Å². The first-order chi connectivity index (χ1) is 11.7. The fourth-order valence-electron chi connectivity index (χ4n) is 2.69. The lowest BCUT2D eigenvalue weighted by Gasteiger charge is -2.01. The summed E-state index contributed by atoms with van der Waals surface area (Å²) in [6.45, 7) is 0. The van der Waals surface area contributed by atoms with E-state index in [1.165, 1.54) is 0 Å². The molecule has 0 aliphatic heterocycles. The van der Waals surface area contributed by atoms with Gasteiger partial charge >= 0.3 is 0 Å². The maximum Gasteiger partial charge on any atom is 0.157 e. The Morgan fingerprint density at radius 3 is 2.92 bits per heavy atom. The molecule has 0 fully saturated rings. The SMILES string of the molecule is CNc1c(-c2cc3cc(OC)ccc3o2)nc2cc(C#N)ncn12. The summed E-state index contributed by atoms with van der Waals surface area (Å²) in [5.74, 6) is 2.14. The van der Waals surface area contributed by atoms with Crippen LogP contribution in [0.5, 0.6) is 5.75 Å². The summed E-state index contributed by atoms with van der Waals surface area (Å²) in [5.41, 5.74) is 2.35. The number of ether oxygens (including phenoxy) is 1. The van der Waals surface area contributed by atoms with Crippen LogP contribution in [-0.4, -0.2) is 28.5 Å². The number of hydrogen-bond donors (Lipinski definition) is 1. The first kappa shape index (κ1) is 14.1. The number of nitrogens with one attached hydrogen (secondary N) is 1. The molecular formula is C17H13N5O2. The molecule has 4 aromatic rings. The number of aromatic nitrogens is 3. The van der Waals surface area contributed by atoms with Crippen LogP contribution < -0.4 is 10.1 Å². The molecule has 0 radical (unpaired) electrons. The fraction of sp³-hybridized carbons (Fsp3) is 0.118. The van der Waals surface area contributed by atoms with Crippen molar-refractivity contribution in [1.29, 1.82) is 5.26 Å². The van der Waals surface area contributed by atoms with Crippen LogP contribution in [0, 0.1) is 11.3 Å². The van der Waals surface area contributed by atoms with Crippen molar-refractivity contribution in [3.63, 3.8) is 0 Å². The van der Waals surface area contributed by atoms with Gasteiger partial charge in [0.2, 0.25) is 0 Å². The van der Waals surface area contributed by atoms with Gasteiger partial charge in [0.15, 0.2) is 5.76 Å². The van der Waals surface area contributed by atoms with Crippen molar-refractivity contribution >= 4 is 22.4 Å². The molecule has 0 amide bonds. The summed E-state index contributed by atoms with van der Waals surface area (Å²) in [5, 5.41) is 13.0. The normalized spacial score (nSPS) is 10.9. The molecule has 1 N–H and O–H groups in total. The Morgan fingerprint density at radius 2 is 2.17 bits per heavy atom. The van der Waals surface area contributed by atoms with E-state index < -0.39 is 0 Å². The number of imidazole rings is 1. The first-order valence-corrected chi connectivity index (χ1v) is 7.27. The van der Waals surface area contributed by atoms with Gasteiger partial charge in [-0.1, -0.05) is 0 Å². The Balaban J connectivity index is 1.93. The molecule has 0 bridgehead atoms. The number of anilines is 1. The Bertz CT molecular complexity index is 1100. The second-order valence-corrected chi connectivity index (χ2v) is 5.19. The molecule has 0 saturated carbocycles. The molecule has 7 nitrogen and oxygen atoms in total. The highest BCUT2D eigenvalue weighted by Gasteiger charge is 2.17. The van der Waals surface area contributed by atoms with E-state index >= 15 is 0 Å². The van der Waals surface area contributed by atoms with Gasteiger partial charge in [-0.15, -0.1) is 0 Å². The third-order valence-electron chi connectivity index (χ3n) is 3.82. The van der Waals surface area contributed by atoms with Gasteiger partial charge < -0.3 is 14.5 Å². The summed E-state index contributed by atoms with van der Waals surface area (Å²) in [6, 6.07) is 11.2. The quantitative estimate of drug-likeness (QED) is 0.624. The lowest BCUT2D eigenvalue weighted by molar-refractivity contribution is 0.415. The van der Waals surface area contributed by atoms with Crippen LogP contribution in [0.2, 0.25) is 0 Å². The van der Waals surface area contributed by atoms with E-state index in [1.807, 2.05) is 30.3 Å². The van der Waals surface area contributed by atoms with Crippen LogP contribution >= 0.6 is 0 Å². The molecule has 0 aliphatic carbocycles. The van der Waals surface area contributed by atoms with Crippen molar-refractivity contribution in [2.24, 2.45) is 0 Å². The Kier molecular flexibility index (Phi) is 3.10. The molecule has 4 rings (SSSR count). The van der Waals surface area contributed by atoms with E-state index in [4.69, 9.17) is 14.4 Å². The van der Waals surface area contributed by atoms with Crippen LogP contribution in [0.3, 0.4) is 0 Å². The zero-order valence-electron chi connectivity index (χ0n) is 13.1. The van der Waals surface area contributed by atoms with Gasteiger partial charge in [-0.2, -0.15) is 5.26 Å². The summed E-state index contributed by atoms with van der Waals surface area (Å²) >= 11 is 0. The maximum absolute atomic E-state index is 9.00. The van der Waals surface area contributed by atoms with Crippen LogP contribution in [0.15, 0.2) is 41.1 Å². The second kappa shape index (κ2) is 5.28. The van der Waals surface area contributed by atoms with Crippen LogP contribution in [0.25, 0.3) is 28.1 Å². The molecular weight excluding hydrogens is 306 g/mol. The van der Waals surface area contributed by atoms with Crippen LogP contribution in [0.1, 0.15) is 5.69 Å². The summed E-state index contributed by atoms with van der Waals surface area (Å²) < 4.78 is 13.0. The molecule has 24 heavy (non-hydrogen) atoms. The Morgan fingerprint density at radius 1 is 1.29 bits per heavy atom. The van der Waals surface area contributed by atoms with E-state index in [-0.39, 0.29) is 0 Å². The molecule has 7 heteroatoms. The van der Waals surface area contributed by atoms with Crippen molar-refractivity contribution in [2.75, 3.05) is 19.5 Å². The number of benzene rings is 1. The lowest BCUT2D eigenvalue weighted by atomic mass is 10.2. The zero-order chi connectivity index (χ0) is 16.7. The first-order valence-electron chi connectivity index (χ1n) is 7.27. The summed E-state index contributed by atoms with van der Waals surface area (Å²) in [7, 11) is 3.43. The maximum atomic E-state index is 9.00. The van der Waals surface area contributed by atoms with Gasteiger partial charge in [0.1, 0.15) is 46.6 Å². The summed E-state index contributed by atoms with van der Waals surface area (Å²) in [4.78, 5) is 8.67. The average Bonchev–Trinajstić information content (AvgIpc) is 3.20. The number of hydrogen-bond acceptors (Lipinski definition) is 6. The van der Waals surface area contributed by atoms with Gasteiger partial charge in [-0.25, -0.2) is 9.97 Å². The molecule has 3 heterocycles. The van der Waals surface area contributed by atoms with E-state index in [0.717, 1.165) is 22.5 Å². The highest BCUT2D eigenvalue weighted by molar-refractivity contribution is 5.86. The molecule has 0 atom stereocenters. The standard InChI is InChI=1S/C17H13N5O2/c1-19-17-16(21-15-7-11(8-18)20-9-22(15)17)14-6-10-5-12(23-2)3-4-13(10)24-14/h3-7,9,19H,1-2H3. The van der Waals surface area contributed by atoms with Crippen molar-refractivity contribution in [3.8, 4) is 23.3 Å². The monoisotopic (exact) mass is 319 g/mol. The van der Waals surface area contributed by atoms with Crippen molar-refractivity contribution in [1.82, 2.24) is 14.4 Å². The molecule has 1 aromatic carbocycles. The fourth-order valence-corrected chi connectivity index (χ4v) is 2.69. The third-order valence-corrected chi connectivity index (χ3v) is 3.82. The van der Waals surface area contributed by atoms with Crippen molar-refractivity contribution in [3.05, 3.63) is 42.4 Å². The number of fused-ring (bicyclic) bond motifs is 2. The predicted octanol–water partition coefficient (Wildman–Crippen LogP) is 3.06. The zero-order valence-corrected chi connectivity index (χ0v) is 13.1. The minimum absolute atomic E-state index is 0.316. The topological polar surface area (TPSA) is 88.4 Å². The third kappa shape index (κ3) is 2.05. The minimum Gasteiger partial charge on any atom is -0.497 e. The number of rotatable bonds is 3. The van der Waals surface area contributed by atoms with E-state index in [9.17, 15) is 0 Å². The Hall–Kier alpha value is -3.53. The number of methoxy groups -OCH3 is 1. The Labute approximate surface area is 137 Å². The van der Waals surface area contributed by atoms with E-state index in [1.54, 1.807) is 31.0 Å². The second-order valence-electron chi connectivity index (χ2n) is 5.19. The summed E-state index contributed by atoms with van der Waals surface area (Å²) in [6.07, 6.45) is 1.57. The average molecular weight is 319 g/mol.